The van der Waals surface area contributed by atoms with Crippen LogP contribution >= 0.6 is 11.8 Å². The van der Waals surface area contributed by atoms with Crippen LogP contribution in [0.15, 0.2) is 53.9 Å². The number of amides is 2. The van der Waals surface area contributed by atoms with E-state index in [1.165, 1.54) is 11.8 Å². The zero-order chi connectivity index (χ0) is 21.5. The SMILES string of the molecule is COc1ccc(NC(=O)Cc2nnc(SC(C)C(=O)Nc3cccnc3)n2C)cc1. The zero-order valence-corrected chi connectivity index (χ0v) is 17.6. The fourth-order valence-electron chi connectivity index (χ4n) is 2.52. The van der Waals surface area contributed by atoms with Crippen LogP contribution in [0.3, 0.4) is 0 Å². The highest BCUT2D eigenvalue weighted by Crippen LogP contribution is 2.23. The largest absolute Gasteiger partial charge is 0.497 e. The molecule has 0 aliphatic carbocycles. The minimum absolute atomic E-state index is 0.0619. The second-order valence-electron chi connectivity index (χ2n) is 6.40. The predicted molar refractivity (Wildman–Crippen MR) is 115 cm³/mol. The van der Waals surface area contributed by atoms with Crippen molar-refractivity contribution < 1.29 is 14.3 Å². The number of pyridine rings is 1. The van der Waals surface area contributed by atoms with E-state index in [0.29, 0.717) is 28.1 Å². The molecule has 1 unspecified atom stereocenters. The number of thioether (sulfide) groups is 1. The van der Waals surface area contributed by atoms with E-state index < -0.39 is 5.25 Å². The molecular formula is C20H22N6O3S. The van der Waals surface area contributed by atoms with Crippen LogP contribution in [0.2, 0.25) is 0 Å². The third-order valence-corrected chi connectivity index (χ3v) is 5.33. The standard InChI is InChI=1S/C20H22N6O3S/c1-13(19(28)23-15-5-4-10-21-12-15)30-20-25-24-17(26(20)2)11-18(27)22-14-6-8-16(29-3)9-7-14/h4-10,12-13H,11H2,1-3H3,(H,22,27)(H,23,28). The third kappa shape index (κ3) is 5.57. The van der Waals surface area contributed by atoms with Crippen molar-refractivity contribution in [2.45, 2.75) is 23.8 Å². The normalized spacial score (nSPS) is 11.6. The van der Waals surface area contributed by atoms with Crippen molar-refractivity contribution in [3.63, 3.8) is 0 Å². The van der Waals surface area contributed by atoms with Crippen LogP contribution < -0.4 is 15.4 Å². The first-order chi connectivity index (χ1) is 14.5. The molecule has 0 saturated heterocycles. The summed E-state index contributed by atoms with van der Waals surface area (Å²) in [4.78, 5) is 28.7. The summed E-state index contributed by atoms with van der Waals surface area (Å²) in [5.74, 6) is 0.831. The number of carbonyl (C=O) groups is 2. The lowest BCUT2D eigenvalue weighted by molar-refractivity contribution is -0.116. The molecule has 1 aromatic carbocycles. The summed E-state index contributed by atoms with van der Waals surface area (Å²) in [6.07, 6.45) is 3.28. The summed E-state index contributed by atoms with van der Waals surface area (Å²) in [6.45, 7) is 1.78. The Hall–Kier alpha value is -3.40. The van der Waals surface area contributed by atoms with Crippen LogP contribution in [0.4, 0.5) is 11.4 Å². The van der Waals surface area contributed by atoms with Gasteiger partial charge in [0.05, 0.1) is 30.7 Å². The van der Waals surface area contributed by atoms with E-state index in [4.69, 9.17) is 4.74 Å². The van der Waals surface area contributed by atoms with Crippen molar-refractivity contribution in [3.05, 3.63) is 54.6 Å². The van der Waals surface area contributed by atoms with Gasteiger partial charge in [-0.25, -0.2) is 0 Å². The quantitative estimate of drug-likeness (QED) is 0.533. The summed E-state index contributed by atoms with van der Waals surface area (Å²) in [5.41, 5.74) is 1.29. The van der Waals surface area contributed by atoms with Gasteiger partial charge in [0.1, 0.15) is 11.6 Å². The molecule has 30 heavy (non-hydrogen) atoms. The molecule has 156 valence electrons. The molecule has 0 spiro atoms. The highest BCUT2D eigenvalue weighted by molar-refractivity contribution is 8.00. The highest BCUT2D eigenvalue weighted by Gasteiger charge is 2.20. The van der Waals surface area contributed by atoms with Gasteiger partial charge in [-0.15, -0.1) is 10.2 Å². The molecule has 1 atom stereocenters. The minimum Gasteiger partial charge on any atom is -0.497 e. The Balaban J connectivity index is 1.56. The fraction of sp³-hybridized carbons (Fsp3) is 0.250. The Kier molecular flexibility index (Phi) is 7.02. The van der Waals surface area contributed by atoms with Gasteiger partial charge in [0.25, 0.3) is 0 Å². The van der Waals surface area contributed by atoms with Crippen LogP contribution in [-0.4, -0.2) is 43.9 Å². The Morgan fingerprint density at radius 3 is 2.57 bits per heavy atom. The van der Waals surface area contributed by atoms with Gasteiger partial charge in [0.15, 0.2) is 5.16 Å². The maximum atomic E-state index is 12.4. The van der Waals surface area contributed by atoms with Crippen molar-refractivity contribution in [3.8, 4) is 5.75 Å². The molecule has 0 radical (unpaired) electrons. The first kappa shape index (κ1) is 21.3. The molecular weight excluding hydrogens is 404 g/mol. The molecule has 3 rings (SSSR count). The number of nitrogens with one attached hydrogen (secondary N) is 2. The lowest BCUT2D eigenvalue weighted by Crippen LogP contribution is -2.23. The van der Waals surface area contributed by atoms with Crippen LogP contribution in [0, 0.1) is 0 Å². The number of aromatic nitrogens is 4. The van der Waals surface area contributed by atoms with Crippen molar-refractivity contribution in [1.29, 1.82) is 0 Å². The molecule has 10 heteroatoms. The number of rotatable bonds is 8. The molecule has 3 aromatic rings. The van der Waals surface area contributed by atoms with E-state index >= 15 is 0 Å². The van der Waals surface area contributed by atoms with Crippen molar-refractivity contribution in [1.82, 2.24) is 19.7 Å². The average Bonchev–Trinajstić information content (AvgIpc) is 3.08. The van der Waals surface area contributed by atoms with Crippen molar-refractivity contribution >= 4 is 35.0 Å². The van der Waals surface area contributed by atoms with E-state index in [1.807, 2.05) is 0 Å². The number of hydrogen-bond donors (Lipinski definition) is 2. The van der Waals surface area contributed by atoms with E-state index in [9.17, 15) is 9.59 Å². The van der Waals surface area contributed by atoms with Gasteiger partial charge < -0.3 is 19.9 Å². The Labute approximate surface area is 178 Å². The van der Waals surface area contributed by atoms with Gasteiger partial charge in [0, 0.05) is 18.9 Å². The second kappa shape index (κ2) is 9.88. The zero-order valence-electron chi connectivity index (χ0n) is 16.8. The Bertz CT molecular complexity index is 1010. The lowest BCUT2D eigenvalue weighted by Gasteiger charge is -2.11. The highest BCUT2D eigenvalue weighted by atomic mass is 32.2. The van der Waals surface area contributed by atoms with Gasteiger partial charge in [-0.3, -0.25) is 14.6 Å². The maximum Gasteiger partial charge on any atom is 0.237 e. The van der Waals surface area contributed by atoms with Gasteiger partial charge in [-0.2, -0.15) is 0 Å². The first-order valence-corrected chi connectivity index (χ1v) is 10.0. The van der Waals surface area contributed by atoms with Crippen LogP contribution in [0.5, 0.6) is 5.75 Å². The Morgan fingerprint density at radius 2 is 1.90 bits per heavy atom. The molecule has 0 aliphatic rings. The summed E-state index contributed by atoms with van der Waals surface area (Å²) in [5, 5.41) is 14.0. The summed E-state index contributed by atoms with van der Waals surface area (Å²) < 4.78 is 6.82. The van der Waals surface area contributed by atoms with Crippen molar-refractivity contribution in [2.75, 3.05) is 17.7 Å². The molecule has 9 nitrogen and oxygen atoms in total. The smallest absolute Gasteiger partial charge is 0.237 e. The molecule has 0 aliphatic heterocycles. The number of anilines is 2. The number of carbonyl (C=O) groups excluding carboxylic acids is 2. The van der Waals surface area contributed by atoms with Crippen LogP contribution in [-0.2, 0) is 23.1 Å². The lowest BCUT2D eigenvalue weighted by atomic mass is 10.3. The average molecular weight is 427 g/mol. The number of benzene rings is 1. The number of methoxy groups -OCH3 is 1. The maximum absolute atomic E-state index is 12.4. The second-order valence-corrected chi connectivity index (χ2v) is 7.71. The topological polar surface area (TPSA) is 111 Å². The molecule has 2 heterocycles. The van der Waals surface area contributed by atoms with Crippen LogP contribution in [0.1, 0.15) is 12.7 Å². The van der Waals surface area contributed by atoms with Gasteiger partial charge >= 0.3 is 0 Å². The third-order valence-electron chi connectivity index (χ3n) is 4.20. The van der Waals surface area contributed by atoms with E-state index in [-0.39, 0.29) is 18.2 Å². The predicted octanol–water partition coefficient (Wildman–Crippen LogP) is 2.52. The molecule has 2 amide bonds. The van der Waals surface area contributed by atoms with Crippen molar-refractivity contribution in [2.24, 2.45) is 7.05 Å². The van der Waals surface area contributed by atoms with Crippen LogP contribution in [0.25, 0.3) is 0 Å². The number of nitrogens with zero attached hydrogens (tertiary/aromatic N) is 4. The Morgan fingerprint density at radius 1 is 1.13 bits per heavy atom. The molecule has 0 saturated carbocycles. The number of hydrogen-bond acceptors (Lipinski definition) is 7. The summed E-state index contributed by atoms with van der Waals surface area (Å²) >= 11 is 1.26. The minimum atomic E-state index is -0.408. The molecule has 0 fully saturated rings. The molecule has 2 N–H and O–H groups in total. The monoisotopic (exact) mass is 426 g/mol. The van der Waals surface area contributed by atoms with E-state index in [1.54, 1.807) is 74.4 Å². The molecule has 2 aromatic heterocycles. The van der Waals surface area contributed by atoms with Gasteiger partial charge in [-0.05, 0) is 43.3 Å². The van der Waals surface area contributed by atoms with E-state index in [0.717, 1.165) is 0 Å². The fourth-order valence-corrected chi connectivity index (χ4v) is 3.35. The van der Waals surface area contributed by atoms with Gasteiger partial charge in [0.2, 0.25) is 11.8 Å². The summed E-state index contributed by atoms with van der Waals surface area (Å²) in [7, 11) is 3.35. The summed E-state index contributed by atoms with van der Waals surface area (Å²) in [6, 6.07) is 10.6. The van der Waals surface area contributed by atoms with Gasteiger partial charge in [-0.1, -0.05) is 11.8 Å². The number of ether oxygens (including phenoxy) is 1. The molecule has 0 bridgehead atoms. The first-order valence-electron chi connectivity index (χ1n) is 9.16. The van der Waals surface area contributed by atoms with E-state index in [2.05, 4.69) is 25.8 Å².